The molecule has 0 heterocycles. The van der Waals surface area contributed by atoms with Crippen molar-refractivity contribution in [1.82, 2.24) is 5.32 Å². The number of ether oxygens (including phenoxy) is 1. The molecule has 0 bridgehead atoms. The third-order valence-electron chi connectivity index (χ3n) is 2.85. The van der Waals surface area contributed by atoms with Crippen LogP contribution in [0.2, 0.25) is 5.02 Å². The first kappa shape index (κ1) is 15.7. The predicted octanol–water partition coefficient (Wildman–Crippen LogP) is 3.77. The molecule has 0 spiro atoms. The Bertz CT molecular complexity index is 582. The van der Waals surface area contributed by atoms with Crippen LogP contribution in [-0.2, 0) is 17.2 Å². The molecule has 0 aliphatic carbocycles. The monoisotopic (exact) mass is 323 g/mol. The number of carbonyl (C=O) groups excluding carboxylic acids is 1. The summed E-state index contributed by atoms with van der Waals surface area (Å²) in [7, 11) is 0. The SMILES string of the molecule is O=C(COc1ccc(Cl)cc1)NCc1ccc(CCl)cc1. The lowest BCUT2D eigenvalue weighted by molar-refractivity contribution is -0.123. The van der Waals surface area contributed by atoms with E-state index < -0.39 is 0 Å². The van der Waals surface area contributed by atoms with Gasteiger partial charge in [-0.25, -0.2) is 0 Å². The Morgan fingerprint density at radius 3 is 2.24 bits per heavy atom. The molecule has 0 aliphatic heterocycles. The minimum Gasteiger partial charge on any atom is -0.484 e. The molecule has 0 fully saturated rings. The molecule has 0 aromatic heterocycles. The molecule has 0 aliphatic rings. The van der Waals surface area contributed by atoms with Gasteiger partial charge in [0.15, 0.2) is 6.61 Å². The largest absolute Gasteiger partial charge is 0.484 e. The van der Waals surface area contributed by atoms with Crippen molar-refractivity contribution in [3.8, 4) is 5.75 Å². The molecular formula is C16H15Cl2NO2. The summed E-state index contributed by atoms with van der Waals surface area (Å²) in [5, 5.41) is 3.43. The van der Waals surface area contributed by atoms with Gasteiger partial charge in [-0.2, -0.15) is 0 Å². The number of nitrogens with one attached hydrogen (secondary N) is 1. The molecule has 0 saturated heterocycles. The van der Waals surface area contributed by atoms with Crippen LogP contribution in [0.5, 0.6) is 5.75 Å². The molecule has 3 nitrogen and oxygen atoms in total. The van der Waals surface area contributed by atoms with Crippen LogP contribution in [0.1, 0.15) is 11.1 Å². The summed E-state index contributed by atoms with van der Waals surface area (Å²) < 4.78 is 5.36. The fourth-order valence-corrected chi connectivity index (χ4v) is 1.98. The van der Waals surface area contributed by atoms with Crippen molar-refractivity contribution in [3.63, 3.8) is 0 Å². The maximum Gasteiger partial charge on any atom is 0.258 e. The van der Waals surface area contributed by atoms with Crippen LogP contribution in [-0.4, -0.2) is 12.5 Å². The highest BCUT2D eigenvalue weighted by Gasteiger charge is 2.03. The minimum absolute atomic E-state index is 0.0264. The van der Waals surface area contributed by atoms with Crippen LogP contribution >= 0.6 is 23.2 Å². The summed E-state index contributed by atoms with van der Waals surface area (Å²) in [4.78, 5) is 11.7. The van der Waals surface area contributed by atoms with Gasteiger partial charge < -0.3 is 10.1 Å². The zero-order valence-corrected chi connectivity index (χ0v) is 12.8. The number of halogens is 2. The van der Waals surface area contributed by atoms with Crippen molar-refractivity contribution in [3.05, 3.63) is 64.7 Å². The van der Waals surface area contributed by atoms with Crippen molar-refractivity contribution in [1.29, 1.82) is 0 Å². The lowest BCUT2D eigenvalue weighted by Gasteiger charge is -2.08. The lowest BCUT2D eigenvalue weighted by atomic mass is 10.1. The lowest BCUT2D eigenvalue weighted by Crippen LogP contribution is -2.28. The summed E-state index contributed by atoms with van der Waals surface area (Å²) >= 11 is 11.5. The normalized spacial score (nSPS) is 10.2. The van der Waals surface area contributed by atoms with E-state index in [-0.39, 0.29) is 12.5 Å². The molecule has 5 heteroatoms. The van der Waals surface area contributed by atoms with E-state index in [1.165, 1.54) is 0 Å². The van der Waals surface area contributed by atoms with E-state index in [4.69, 9.17) is 27.9 Å². The van der Waals surface area contributed by atoms with Crippen LogP contribution in [0.15, 0.2) is 48.5 Å². The standard InChI is InChI=1S/C16H15Cl2NO2/c17-9-12-1-3-13(4-2-12)10-19-16(20)11-21-15-7-5-14(18)6-8-15/h1-8H,9-11H2,(H,19,20). The predicted molar refractivity (Wildman–Crippen MR) is 84.8 cm³/mol. The fourth-order valence-electron chi connectivity index (χ4n) is 1.68. The van der Waals surface area contributed by atoms with Gasteiger partial charge in [0, 0.05) is 17.4 Å². The molecule has 0 saturated carbocycles. The average Bonchev–Trinajstić information content (AvgIpc) is 2.53. The Hall–Kier alpha value is -1.71. The highest BCUT2D eigenvalue weighted by Crippen LogP contribution is 2.15. The minimum atomic E-state index is -0.175. The van der Waals surface area contributed by atoms with Crippen LogP contribution < -0.4 is 10.1 Å². The van der Waals surface area contributed by atoms with Gasteiger partial charge in [0.25, 0.3) is 5.91 Å². The molecule has 0 radical (unpaired) electrons. The Morgan fingerprint density at radius 2 is 1.62 bits per heavy atom. The van der Waals surface area contributed by atoms with E-state index in [1.54, 1.807) is 24.3 Å². The molecule has 2 aromatic rings. The number of amides is 1. The van der Waals surface area contributed by atoms with Gasteiger partial charge in [-0.3, -0.25) is 4.79 Å². The number of hydrogen-bond acceptors (Lipinski definition) is 2. The summed E-state index contributed by atoms with van der Waals surface area (Å²) in [6.45, 7) is 0.437. The summed E-state index contributed by atoms with van der Waals surface area (Å²) in [5.74, 6) is 0.925. The third-order valence-corrected chi connectivity index (χ3v) is 3.41. The number of carbonyl (C=O) groups is 1. The van der Waals surface area contributed by atoms with E-state index in [0.29, 0.717) is 23.2 Å². The number of hydrogen-bond donors (Lipinski definition) is 1. The quantitative estimate of drug-likeness (QED) is 0.822. The maximum atomic E-state index is 11.7. The summed E-state index contributed by atoms with van der Waals surface area (Å²) in [6.07, 6.45) is 0. The third kappa shape index (κ3) is 5.29. The van der Waals surface area contributed by atoms with Crippen molar-refractivity contribution < 1.29 is 9.53 Å². The van der Waals surface area contributed by atoms with Gasteiger partial charge >= 0.3 is 0 Å². The molecule has 0 atom stereocenters. The van der Waals surface area contributed by atoms with Crippen LogP contribution in [0.3, 0.4) is 0 Å². The van der Waals surface area contributed by atoms with Crippen molar-refractivity contribution in [2.75, 3.05) is 6.61 Å². The first-order valence-electron chi connectivity index (χ1n) is 6.46. The van der Waals surface area contributed by atoms with Gasteiger partial charge in [-0.1, -0.05) is 35.9 Å². The van der Waals surface area contributed by atoms with E-state index in [1.807, 2.05) is 24.3 Å². The Labute approximate surface area is 133 Å². The van der Waals surface area contributed by atoms with Gasteiger partial charge in [-0.05, 0) is 35.4 Å². The second-order valence-corrected chi connectivity index (χ2v) is 5.17. The molecule has 1 amide bonds. The summed E-state index contributed by atoms with van der Waals surface area (Å²) in [5.41, 5.74) is 2.07. The second kappa shape index (κ2) is 7.91. The van der Waals surface area contributed by atoms with E-state index >= 15 is 0 Å². The van der Waals surface area contributed by atoms with E-state index in [0.717, 1.165) is 11.1 Å². The zero-order valence-electron chi connectivity index (χ0n) is 11.3. The van der Waals surface area contributed by atoms with Gasteiger partial charge in [0.2, 0.25) is 0 Å². The topological polar surface area (TPSA) is 38.3 Å². The number of alkyl halides is 1. The molecule has 110 valence electrons. The first-order valence-corrected chi connectivity index (χ1v) is 7.37. The Morgan fingerprint density at radius 1 is 1.00 bits per heavy atom. The zero-order chi connectivity index (χ0) is 15.1. The Kier molecular flexibility index (Phi) is 5.90. The molecule has 1 N–H and O–H groups in total. The molecule has 0 unspecified atom stereocenters. The van der Waals surface area contributed by atoms with Crippen LogP contribution in [0.25, 0.3) is 0 Å². The molecule has 2 rings (SSSR count). The maximum absolute atomic E-state index is 11.7. The first-order chi connectivity index (χ1) is 10.2. The van der Waals surface area contributed by atoms with Gasteiger partial charge in [-0.15, -0.1) is 11.6 Å². The van der Waals surface area contributed by atoms with Crippen molar-refractivity contribution in [2.45, 2.75) is 12.4 Å². The highest BCUT2D eigenvalue weighted by atomic mass is 35.5. The van der Waals surface area contributed by atoms with Crippen LogP contribution in [0, 0.1) is 0 Å². The Balaban J connectivity index is 1.75. The smallest absolute Gasteiger partial charge is 0.258 e. The van der Waals surface area contributed by atoms with Gasteiger partial charge in [0.1, 0.15) is 5.75 Å². The van der Waals surface area contributed by atoms with Gasteiger partial charge in [0.05, 0.1) is 0 Å². The molecule has 2 aromatic carbocycles. The highest BCUT2D eigenvalue weighted by molar-refractivity contribution is 6.30. The van der Waals surface area contributed by atoms with Crippen molar-refractivity contribution in [2.24, 2.45) is 0 Å². The average molecular weight is 324 g/mol. The number of rotatable bonds is 6. The molecular weight excluding hydrogens is 309 g/mol. The number of benzene rings is 2. The summed E-state index contributed by atoms with van der Waals surface area (Å²) in [6, 6.07) is 14.6. The fraction of sp³-hybridized carbons (Fsp3) is 0.188. The van der Waals surface area contributed by atoms with E-state index in [9.17, 15) is 4.79 Å². The second-order valence-electron chi connectivity index (χ2n) is 4.47. The van der Waals surface area contributed by atoms with Crippen LogP contribution in [0.4, 0.5) is 0 Å². The van der Waals surface area contributed by atoms with E-state index in [2.05, 4.69) is 5.32 Å². The van der Waals surface area contributed by atoms with Crippen molar-refractivity contribution >= 4 is 29.1 Å². The molecule has 21 heavy (non-hydrogen) atoms.